The van der Waals surface area contributed by atoms with E-state index in [1.807, 2.05) is 27.7 Å². The van der Waals surface area contributed by atoms with Gasteiger partial charge in [-0.05, 0) is 31.9 Å². The van der Waals surface area contributed by atoms with E-state index < -0.39 is 10.8 Å². The van der Waals surface area contributed by atoms with Gasteiger partial charge < -0.3 is 10.6 Å². The van der Waals surface area contributed by atoms with Gasteiger partial charge in [-0.3, -0.25) is 14.9 Å². The molecule has 1 aromatic carbocycles. The molecule has 2 N–H and O–H groups in total. The molecule has 0 aromatic heterocycles. The monoisotopic (exact) mass is 293 g/mol. The summed E-state index contributed by atoms with van der Waals surface area (Å²) < 4.78 is 0. The van der Waals surface area contributed by atoms with Crippen molar-refractivity contribution in [2.75, 3.05) is 11.9 Å². The molecular weight excluding hydrogens is 270 g/mol. The van der Waals surface area contributed by atoms with Crippen LogP contribution in [0.25, 0.3) is 0 Å². The summed E-state index contributed by atoms with van der Waals surface area (Å²) in [5, 5.41) is 17.0. The average molecular weight is 293 g/mol. The topological polar surface area (TPSA) is 84.3 Å². The number of carbonyl (C=O) groups excluding carboxylic acids is 1. The second-order valence-electron chi connectivity index (χ2n) is 5.14. The summed E-state index contributed by atoms with van der Waals surface area (Å²) >= 11 is 0. The van der Waals surface area contributed by atoms with Crippen molar-refractivity contribution in [2.45, 2.75) is 40.2 Å². The summed E-state index contributed by atoms with van der Waals surface area (Å²) in [4.78, 5) is 23.1. The van der Waals surface area contributed by atoms with Gasteiger partial charge in [0.15, 0.2) is 0 Å². The number of rotatable bonds is 7. The molecule has 2 unspecified atom stereocenters. The lowest BCUT2D eigenvalue weighted by atomic mass is 10.0. The van der Waals surface area contributed by atoms with E-state index in [4.69, 9.17) is 0 Å². The maximum atomic E-state index is 12.3. The lowest BCUT2D eigenvalue weighted by Crippen LogP contribution is -2.37. The highest BCUT2D eigenvalue weighted by atomic mass is 16.6. The fourth-order valence-corrected chi connectivity index (χ4v) is 2.04. The third-order valence-corrected chi connectivity index (χ3v) is 3.69. The lowest BCUT2D eigenvalue weighted by molar-refractivity contribution is -0.384. The van der Waals surface area contributed by atoms with Crippen LogP contribution in [-0.4, -0.2) is 23.4 Å². The minimum Gasteiger partial charge on any atom is -0.380 e. The van der Waals surface area contributed by atoms with Crippen LogP contribution in [0, 0.1) is 16.0 Å². The Morgan fingerprint density at radius 2 is 2.00 bits per heavy atom. The fourth-order valence-electron chi connectivity index (χ4n) is 2.04. The number of anilines is 1. The van der Waals surface area contributed by atoms with E-state index in [9.17, 15) is 14.9 Å². The molecule has 0 aliphatic heterocycles. The zero-order valence-electron chi connectivity index (χ0n) is 13.0. The predicted molar refractivity (Wildman–Crippen MR) is 83.6 cm³/mol. The number of hydrogen-bond donors (Lipinski definition) is 2. The van der Waals surface area contributed by atoms with Gasteiger partial charge in [-0.15, -0.1) is 0 Å². The van der Waals surface area contributed by atoms with Crippen LogP contribution in [0.4, 0.5) is 11.4 Å². The van der Waals surface area contributed by atoms with Crippen LogP contribution in [0.2, 0.25) is 0 Å². The Kier molecular flexibility index (Phi) is 6.14. The zero-order valence-corrected chi connectivity index (χ0v) is 13.0. The van der Waals surface area contributed by atoms with Crippen molar-refractivity contribution >= 4 is 17.3 Å². The molecule has 2 atom stereocenters. The fraction of sp³-hybridized carbons (Fsp3) is 0.533. The molecule has 0 fully saturated rings. The molecule has 1 amide bonds. The summed E-state index contributed by atoms with van der Waals surface area (Å²) in [5.41, 5.74) is 0.285. The van der Waals surface area contributed by atoms with Crippen LogP contribution in [0.1, 0.15) is 44.5 Å². The smallest absolute Gasteiger partial charge is 0.305 e. The number of hydrogen-bond acceptors (Lipinski definition) is 4. The second kappa shape index (κ2) is 7.61. The average Bonchev–Trinajstić information content (AvgIpc) is 2.45. The van der Waals surface area contributed by atoms with Gasteiger partial charge in [0.1, 0.15) is 11.3 Å². The van der Waals surface area contributed by atoms with Crippen molar-refractivity contribution in [1.29, 1.82) is 0 Å². The molecule has 1 rings (SSSR count). The van der Waals surface area contributed by atoms with E-state index in [2.05, 4.69) is 10.6 Å². The number of nitro groups is 1. The van der Waals surface area contributed by atoms with Crippen LogP contribution in [0.15, 0.2) is 18.2 Å². The Morgan fingerprint density at radius 1 is 1.33 bits per heavy atom. The van der Waals surface area contributed by atoms with Crippen molar-refractivity contribution in [3.05, 3.63) is 33.9 Å². The Balaban J connectivity index is 3.09. The molecule has 6 nitrogen and oxygen atoms in total. The van der Waals surface area contributed by atoms with Gasteiger partial charge >= 0.3 is 5.69 Å². The van der Waals surface area contributed by atoms with Crippen LogP contribution in [0.5, 0.6) is 0 Å². The van der Waals surface area contributed by atoms with E-state index in [1.54, 1.807) is 12.1 Å². The maximum Gasteiger partial charge on any atom is 0.305 e. The minimum atomic E-state index is -0.513. The van der Waals surface area contributed by atoms with E-state index in [0.29, 0.717) is 18.2 Å². The van der Waals surface area contributed by atoms with Crippen LogP contribution >= 0.6 is 0 Å². The standard InChI is InChI=1S/C15H23N3O3/c1-5-10(3)11(4)17-15(19)12-8-7-9-13(16-6-2)14(12)18(20)21/h7-11,16H,5-6H2,1-4H3,(H,17,19). The third kappa shape index (κ3) is 4.18. The largest absolute Gasteiger partial charge is 0.380 e. The van der Waals surface area contributed by atoms with Crippen LogP contribution in [-0.2, 0) is 0 Å². The van der Waals surface area contributed by atoms with Gasteiger partial charge in [-0.2, -0.15) is 0 Å². The number of para-hydroxylation sites is 1. The normalized spacial score (nSPS) is 13.3. The van der Waals surface area contributed by atoms with Crippen molar-refractivity contribution in [2.24, 2.45) is 5.92 Å². The summed E-state index contributed by atoms with van der Waals surface area (Å²) in [5.74, 6) is -0.0980. The number of carbonyl (C=O) groups is 1. The predicted octanol–water partition coefficient (Wildman–Crippen LogP) is 3.19. The molecule has 0 aliphatic rings. The first kappa shape index (κ1) is 16.9. The maximum absolute atomic E-state index is 12.3. The summed E-state index contributed by atoms with van der Waals surface area (Å²) in [6.45, 7) is 8.39. The Morgan fingerprint density at radius 3 is 2.52 bits per heavy atom. The van der Waals surface area contributed by atoms with Gasteiger partial charge in [0.2, 0.25) is 0 Å². The molecule has 1 aromatic rings. The first-order valence-corrected chi connectivity index (χ1v) is 7.24. The second-order valence-corrected chi connectivity index (χ2v) is 5.14. The third-order valence-electron chi connectivity index (χ3n) is 3.69. The number of benzene rings is 1. The first-order valence-electron chi connectivity index (χ1n) is 7.24. The highest BCUT2D eigenvalue weighted by Crippen LogP contribution is 2.28. The Hall–Kier alpha value is -2.11. The van der Waals surface area contributed by atoms with Gasteiger partial charge in [-0.1, -0.05) is 26.3 Å². The number of amides is 1. The first-order chi connectivity index (χ1) is 9.92. The summed E-state index contributed by atoms with van der Waals surface area (Å²) in [6, 6.07) is 4.70. The van der Waals surface area contributed by atoms with Gasteiger partial charge in [0.05, 0.1) is 4.92 Å². The molecule has 0 bridgehead atoms. The van der Waals surface area contributed by atoms with Crippen molar-refractivity contribution in [3.63, 3.8) is 0 Å². The Labute approximate surface area is 125 Å². The van der Waals surface area contributed by atoms with Crippen molar-refractivity contribution in [1.82, 2.24) is 5.32 Å². The van der Waals surface area contributed by atoms with Crippen LogP contribution < -0.4 is 10.6 Å². The molecule has 116 valence electrons. The van der Waals surface area contributed by atoms with E-state index in [0.717, 1.165) is 6.42 Å². The number of nitrogens with zero attached hydrogens (tertiary/aromatic N) is 1. The van der Waals surface area contributed by atoms with Crippen molar-refractivity contribution < 1.29 is 9.72 Å². The summed E-state index contributed by atoms with van der Waals surface area (Å²) in [6.07, 6.45) is 0.932. The van der Waals surface area contributed by atoms with Gasteiger partial charge in [-0.25, -0.2) is 0 Å². The molecule has 0 saturated heterocycles. The minimum absolute atomic E-state index is 0.0371. The van der Waals surface area contributed by atoms with E-state index in [1.165, 1.54) is 6.07 Å². The quantitative estimate of drug-likeness (QED) is 0.597. The Bertz CT molecular complexity index is 517. The lowest BCUT2D eigenvalue weighted by Gasteiger charge is -2.20. The van der Waals surface area contributed by atoms with Gasteiger partial charge in [0, 0.05) is 12.6 Å². The number of nitrogens with one attached hydrogen (secondary N) is 2. The summed E-state index contributed by atoms with van der Waals surface area (Å²) in [7, 11) is 0. The molecular formula is C15H23N3O3. The molecule has 21 heavy (non-hydrogen) atoms. The highest BCUT2D eigenvalue weighted by Gasteiger charge is 2.25. The van der Waals surface area contributed by atoms with E-state index >= 15 is 0 Å². The molecule has 0 aliphatic carbocycles. The molecule has 0 spiro atoms. The highest BCUT2D eigenvalue weighted by molar-refractivity contribution is 6.00. The van der Waals surface area contributed by atoms with Crippen molar-refractivity contribution in [3.8, 4) is 0 Å². The zero-order chi connectivity index (χ0) is 16.0. The van der Waals surface area contributed by atoms with E-state index in [-0.39, 0.29) is 17.3 Å². The number of nitro benzene ring substituents is 1. The molecule has 0 radical (unpaired) electrons. The molecule has 6 heteroatoms. The SMILES string of the molecule is CCNc1cccc(C(=O)NC(C)C(C)CC)c1[N+](=O)[O-]. The molecule has 0 saturated carbocycles. The van der Waals surface area contributed by atoms with Crippen LogP contribution in [0.3, 0.4) is 0 Å². The van der Waals surface area contributed by atoms with Gasteiger partial charge in [0.25, 0.3) is 5.91 Å². The molecule has 0 heterocycles.